The first-order chi connectivity index (χ1) is 14.2. The predicted molar refractivity (Wildman–Crippen MR) is 117 cm³/mol. The van der Waals surface area contributed by atoms with Crippen molar-refractivity contribution in [1.82, 2.24) is 4.57 Å². The number of aromatic nitrogens is 1. The number of fused-ring (bicyclic) bond motifs is 1. The average molecular weight is 423 g/mol. The first-order valence-corrected chi connectivity index (χ1v) is 10.9. The minimum atomic E-state index is -3.81. The molecule has 7 heteroatoms. The Labute approximate surface area is 175 Å². The van der Waals surface area contributed by atoms with Crippen molar-refractivity contribution in [1.29, 1.82) is 0 Å². The fourth-order valence-corrected chi connectivity index (χ4v) is 4.66. The van der Waals surface area contributed by atoms with E-state index in [0.29, 0.717) is 22.7 Å². The highest BCUT2D eigenvalue weighted by Crippen LogP contribution is 2.38. The molecule has 0 spiro atoms. The molecule has 0 bridgehead atoms. The van der Waals surface area contributed by atoms with E-state index < -0.39 is 15.6 Å². The number of hydrogen-bond acceptors (Lipinski definition) is 4. The number of hydrogen-bond donors (Lipinski definition) is 0. The highest BCUT2D eigenvalue weighted by Gasteiger charge is 2.30. The molecule has 1 aliphatic rings. The summed E-state index contributed by atoms with van der Waals surface area (Å²) in [5, 5.41) is 0. The van der Waals surface area contributed by atoms with Gasteiger partial charge >= 0.3 is 0 Å². The van der Waals surface area contributed by atoms with E-state index in [1.54, 1.807) is 54.7 Å². The molecule has 6 nitrogen and oxygen atoms in total. The van der Waals surface area contributed by atoms with Crippen molar-refractivity contribution in [3.8, 4) is 5.75 Å². The van der Waals surface area contributed by atoms with Gasteiger partial charge in [-0.2, -0.15) is 0 Å². The van der Waals surface area contributed by atoms with E-state index in [-0.39, 0.29) is 10.5 Å². The molecular formula is C23H22N2O4S. The summed E-state index contributed by atoms with van der Waals surface area (Å²) < 4.78 is 35.3. The summed E-state index contributed by atoms with van der Waals surface area (Å²) in [6, 6.07) is 18.5. The van der Waals surface area contributed by atoms with Crippen LogP contribution < -0.4 is 14.6 Å². The molecule has 0 N–H and O–H groups in total. The maximum absolute atomic E-state index is 13.3. The van der Waals surface area contributed by atoms with Crippen LogP contribution in [0.2, 0.25) is 0 Å². The van der Waals surface area contributed by atoms with E-state index in [2.05, 4.69) is 0 Å². The van der Waals surface area contributed by atoms with Gasteiger partial charge in [0.1, 0.15) is 11.4 Å². The summed E-state index contributed by atoms with van der Waals surface area (Å²) in [5.41, 5.74) is 0.833. The Kier molecular flexibility index (Phi) is 4.78. The number of anilines is 1. The summed E-state index contributed by atoms with van der Waals surface area (Å²) in [6.07, 6.45) is 3.49. The molecule has 0 saturated carbocycles. The lowest BCUT2D eigenvalue weighted by molar-refractivity contribution is 0.157. The number of benzene rings is 2. The van der Waals surface area contributed by atoms with Gasteiger partial charge < -0.3 is 4.74 Å². The Bertz CT molecular complexity index is 1290. The molecule has 4 rings (SSSR count). The van der Waals surface area contributed by atoms with Gasteiger partial charge in [0.25, 0.3) is 15.6 Å². The van der Waals surface area contributed by atoms with Crippen LogP contribution in [0.25, 0.3) is 5.70 Å². The topological polar surface area (TPSA) is 68.6 Å². The Balaban J connectivity index is 1.86. The van der Waals surface area contributed by atoms with E-state index in [0.717, 1.165) is 0 Å². The lowest BCUT2D eigenvalue weighted by atomic mass is 9.99. The summed E-state index contributed by atoms with van der Waals surface area (Å²) in [5.74, 6) is 0.523. The normalized spacial score (nSPS) is 15.0. The third-order valence-electron chi connectivity index (χ3n) is 4.94. The second kappa shape index (κ2) is 7.18. The van der Waals surface area contributed by atoms with Gasteiger partial charge in [-0.15, -0.1) is 0 Å². The zero-order valence-corrected chi connectivity index (χ0v) is 17.8. The van der Waals surface area contributed by atoms with Crippen LogP contribution in [0.5, 0.6) is 5.75 Å². The number of rotatable bonds is 4. The fraction of sp³-hybridized carbons (Fsp3) is 0.174. The molecule has 0 fully saturated rings. The maximum Gasteiger partial charge on any atom is 0.264 e. The molecule has 0 saturated heterocycles. The average Bonchev–Trinajstić information content (AvgIpc) is 2.72. The molecular weight excluding hydrogens is 400 g/mol. The zero-order valence-electron chi connectivity index (χ0n) is 16.9. The number of pyridine rings is 1. The van der Waals surface area contributed by atoms with Crippen LogP contribution in [0.1, 0.15) is 19.4 Å². The first kappa shape index (κ1) is 20.0. The van der Waals surface area contributed by atoms with E-state index in [1.807, 2.05) is 26.0 Å². The lowest BCUT2D eigenvalue weighted by Gasteiger charge is -2.32. The number of para-hydroxylation sites is 1. The molecule has 2 aromatic carbocycles. The zero-order chi connectivity index (χ0) is 21.5. The Morgan fingerprint density at radius 1 is 0.967 bits per heavy atom. The fourth-order valence-electron chi connectivity index (χ4n) is 3.44. The van der Waals surface area contributed by atoms with Crippen molar-refractivity contribution >= 4 is 21.4 Å². The van der Waals surface area contributed by atoms with Crippen molar-refractivity contribution < 1.29 is 13.2 Å². The van der Waals surface area contributed by atoms with Crippen molar-refractivity contribution in [2.75, 3.05) is 11.4 Å². The summed E-state index contributed by atoms with van der Waals surface area (Å²) in [4.78, 5) is 12.6. The molecule has 0 amide bonds. The van der Waals surface area contributed by atoms with E-state index in [1.165, 1.54) is 28.1 Å². The van der Waals surface area contributed by atoms with Crippen molar-refractivity contribution in [2.45, 2.75) is 24.3 Å². The summed E-state index contributed by atoms with van der Waals surface area (Å²) in [6.45, 7) is 3.77. The third kappa shape index (κ3) is 3.52. The smallest absolute Gasteiger partial charge is 0.264 e. The van der Waals surface area contributed by atoms with Gasteiger partial charge in [0.05, 0.1) is 16.3 Å². The van der Waals surface area contributed by atoms with E-state index in [4.69, 9.17) is 4.74 Å². The van der Waals surface area contributed by atoms with Crippen LogP contribution in [0.15, 0.2) is 88.7 Å². The van der Waals surface area contributed by atoms with Crippen LogP contribution in [0.4, 0.5) is 5.69 Å². The minimum Gasteiger partial charge on any atom is -0.483 e. The van der Waals surface area contributed by atoms with Gasteiger partial charge in [0, 0.05) is 24.9 Å². The van der Waals surface area contributed by atoms with Crippen molar-refractivity contribution in [2.24, 2.45) is 0 Å². The van der Waals surface area contributed by atoms with Crippen LogP contribution in [-0.4, -0.2) is 25.6 Å². The molecule has 30 heavy (non-hydrogen) atoms. The molecule has 0 radical (unpaired) electrons. The van der Waals surface area contributed by atoms with Gasteiger partial charge in [-0.3, -0.25) is 13.7 Å². The van der Waals surface area contributed by atoms with Crippen LogP contribution >= 0.6 is 0 Å². The largest absolute Gasteiger partial charge is 0.483 e. The van der Waals surface area contributed by atoms with Crippen molar-refractivity contribution in [3.63, 3.8) is 0 Å². The highest BCUT2D eigenvalue weighted by molar-refractivity contribution is 7.92. The highest BCUT2D eigenvalue weighted by atomic mass is 32.2. The van der Waals surface area contributed by atoms with Crippen LogP contribution in [0.3, 0.4) is 0 Å². The van der Waals surface area contributed by atoms with Gasteiger partial charge in [-0.25, -0.2) is 8.42 Å². The lowest BCUT2D eigenvalue weighted by Crippen LogP contribution is -2.32. The molecule has 2 heterocycles. The monoisotopic (exact) mass is 422 g/mol. The van der Waals surface area contributed by atoms with Crippen LogP contribution in [0, 0.1) is 0 Å². The number of sulfonamides is 1. The molecule has 0 aliphatic carbocycles. The quantitative estimate of drug-likeness (QED) is 0.642. The molecule has 1 aliphatic heterocycles. The molecule has 0 atom stereocenters. The summed E-state index contributed by atoms with van der Waals surface area (Å²) >= 11 is 0. The van der Waals surface area contributed by atoms with E-state index in [9.17, 15) is 13.2 Å². The third-order valence-corrected chi connectivity index (χ3v) is 6.73. The maximum atomic E-state index is 13.3. The Hall–Kier alpha value is -3.32. The standard InChI is InChI=1S/C23H22N2O4S/c1-23(2)16-20(25-14-8-7-11-22(25)26)19-15-18(12-13-21(19)29-23)30(27,28)24(3)17-9-5-4-6-10-17/h4-16H,1-3H3. The molecule has 3 aromatic rings. The van der Waals surface area contributed by atoms with Crippen molar-refractivity contribution in [3.05, 3.63) is 94.9 Å². The SMILES string of the molecule is CN(c1ccccc1)S(=O)(=O)c1ccc2c(c1)C(n1ccccc1=O)=CC(C)(C)O2. The molecule has 0 unspecified atom stereocenters. The second-order valence-electron chi connectivity index (χ2n) is 7.61. The summed E-state index contributed by atoms with van der Waals surface area (Å²) in [7, 11) is -2.29. The van der Waals surface area contributed by atoms with E-state index >= 15 is 0 Å². The first-order valence-electron chi connectivity index (χ1n) is 9.47. The van der Waals surface area contributed by atoms with Gasteiger partial charge in [-0.1, -0.05) is 24.3 Å². The van der Waals surface area contributed by atoms with Gasteiger partial charge in [0.15, 0.2) is 0 Å². The predicted octanol–water partition coefficient (Wildman–Crippen LogP) is 3.73. The Morgan fingerprint density at radius 3 is 2.37 bits per heavy atom. The molecule has 154 valence electrons. The van der Waals surface area contributed by atoms with Crippen LogP contribution in [-0.2, 0) is 10.0 Å². The number of ether oxygens (including phenoxy) is 1. The Morgan fingerprint density at radius 2 is 1.67 bits per heavy atom. The molecule has 1 aromatic heterocycles. The van der Waals surface area contributed by atoms with Gasteiger partial charge in [-0.05, 0) is 56.3 Å². The van der Waals surface area contributed by atoms with Gasteiger partial charge in [0.2, 0.25) is 0 Å². The second-order valence-corrected chi connectivity index (χ2v) is 9.58. The minimum absolute atomic E-state index is 0.116. The number of nitrogens with zero attached hydrogens (tertiary/aromatic N) is 2.